The van der Waals surface area contributed by atoms with Crippen molar-refractivity contribution in [3.05, 3.63) is 89.6 Å². The van der Waals surface area contributed by atoms with E-state index < -0.39 is 6.04 Å². The molecule has 0 unspecified atom stereocenters. The average Bonchev–Trinajstić information content (AvgIpc) is 2.83. The second kappa shape index (κ2) is 10.7. The van der Waals surface area contributed by atoms with Crippen LogP contribution in [0.1, 0.15) is 35.6 Å². The van der Waals surface area contributed by atoms with Crippen molar-refractivity contribution in [2.24, 2.45) is 0 Å². The number of nitriles is 1. The Hall–Kier alpha value is -3.73. The van der Waals surface area contributed by atoms with Gasteiger partial charge in [0.05, 0.1) is 17.8 Å². The fraction of sp³-hybridized carbons (Fsp3) is 0.269. The number of aromatic nitrogens is 1. The highest BCUT2D eigenvalue weighted by molar-refractivity contribution is 5.94. The first-order chi connectivity index (χ1) is 16.1. The van der Waals surface area contributed by atoms with Crippen LogP contribution in [0.3, 0.4) is 0 Å². The van der Waals surface area contributed by atoms with Crippen LogP contribution >= 0.6 is 0 Å². The summed E-state index contributed by atoms with van der Waals surface area (Å²) in [6.45, 7) is 4.36. The summed E-state index contributed by atoms with van der Waals surface area (Å²) in [6.07, 6.45) is 1.81. The lowest BCUT2D eigenvalue weighted by Gasteiger charge is -2.27. The second-order valence-corrected chi connectivity index (χ2v) is 8.15. The number of carbonyl (C=O) groups is 1. The Morgan fingerprint density at radius 2 is 1.88 bits per heavy atom. The van der Waals surface area contributed by atoms with Crippen LogP contribution in [-0.2, 0) is 4.79 Å². The summed E-state index contributed by atoms with van der Waals surface area (Å²) < 4.78 is 5.78. The molecule has 2 aromatic carbocycles. The molecule has 7 nitrogen and oxygen atoms in total. The van der Waals surface area contributed by atoms with Crippen LogP contribution in [0.2, 0.25) is 0 Å². The standard InChI is InChI=1S/C26H27N5O2/c1-18(20-9-7-19(13-27)8-10-20)14-30-25(21-5-3-2-4-6-21)26(32)31-24-12-11-22(17-29-24)33-23-15-28-16-23/h2-12,17-18,23,25,28,30H,14-16H2,1H3,(H,29,31,32)/t18-,25+/m1/s1. The Morgan fingerprint density at radius 3 is 2.48 bits per heavy atom. The van der Waals surface area contributed by atoms with E-state index in [2.05, 4.69) is 33.9 Å². The van der Waals surface area contributed by atoms with Gasteiger partial charge in [-0.05, 0) is 41.3 Å². The van der Waals surface area contributed by atoms with Crippen molar-refractivity contribution in [3.63, 3.8) is 0 Å². The Morgan fingerprint density at radius 1 is 1.12 bits per heavy atom. The molecule has 2 atom stereocenters. The maximum Gasteiger partial charge on any atom is 0.247 e. The quantitative estimate of drug-likeness (QED) is 0.471. The van der Waals surface area contributed by atoms with E-state index in [0.717, 1.165) is 24.2 Å². The van der Waals surface area contributed by atoms with E-state index in [1.165, 1.54) is 0 Å². The molecule has 3 N–H and O–H groups in total. The fourth-order valence-electron chi connectivity index (χ4n) is 3.57. The highest BCUT2D eigenvalue weighted by Gasteiger charge is 2.22. The lowest BCUT2D eigenvalue weighted by atomic mass is 9.98. The van der Waals surface area contributed by atoms with Crippen molar-refractivity contribution in [2.75, 3.05) is 25.0 Å². The molecule has 1 saturated heterocycles. The summed E-state index contributed by atoms with van der Waals surface area (Å²) in [6, 6.07) is 22.3. The summed E-state index contributed by atoms with van der Waals surface area (Å²) in [4.78, 5) is 17.5. The van der Waals surface area contributed by atoms with E-state index in [9.17, 15) is 4.79 Å². The van der Waals surface area contributed by atoms with Crippen LogP contribution in [0.5, 0.6) is 5.75 Å². The van der Waals surface area contributed by atoms with E-state index in [1.807, 2.05) is 60.7 Å². The molecule has 1 aliphatic rings. The minimum Gasteiger partial charge on any atom is -0.486 e. The monoisotopic (exact) mass is 441 g/mol. The van der Waals surface area contributed by atoms with Gasteiger partial charge in [-0.2, -0.15) is 5.26 Å². The van der Waals surface area contributed by atoms with Gasteiger partial charge in [0.2, 0.25) is 5.91 Å². The molecule has 3 aromatic rings. The van der Waals surface area contributed by atoms with E-state index in [-0.39, 0.29) is 17.9 Å². The Bertz CT molecular complexity index is 1090. The lowest BCUT2D eigenvalue weighted by Crippen LogP contribution is -2.50. The fourth-order valence-corrected chi connectivity index (χ4v) is 3.57. The molecule has 1 fully saturated rings. The number of carbonyl (C=O) groups excluding carboxylic acids is 1. The molecule has 1 aliphatic heterocycles. The molecule has 33 heavy (non-hydrogen) atoms. The number of nitrogens with zero attached hydrogens (tertiary/aromatic N) is 2. The molecule has 0 saturated carbocycles. The first kappa shape index (κ1) is 22.5. The van der Waals surface area contributed by atoms with Crippen LogP contribution in [0.15, 0.2) is 72.9 Å². The molecule has 1 amide bonds. The molecule has 0 spiro atoms. The van der Waals surface area contributed by atoms with Gasteiger partial charge in [0.15, 0.2) is 0 Å². The third-order valence-corrected chi connectivity index (χ3v) is 5.67. The van der Waals surface area contributed by atoms with E-state index in [0.29, 0.717) is 23.7 Å². The number of anilines is 1. The largest absolute Gasteiger partial charge is 0.486 e. The van der Waals surface area contributed by atoms with Gasteiger partial charge >= 0.3 is 0 Å². The molecule has 4 rings (SSSR count). The first-order valence-electron chi connectivity index (χ1n) is 11.0. The van der Waals surface area contributed by atoms with E-state index >= 15 is 0 Å². The third-order valence-electron chi connectivity index (χ3n) is 5.67. The molecule has 0 aliphatic carbocycles. The molecular weight excluding hydrogens is 414 g/mol. The van der Waals surface area contributed by atoms with E-state index in [1.54, 1.807) is 12.3 Å². The maximum atomic E-state index is 13.2. The van der Waals surface area contributed by atoms with Crippen LogP contribution in [0, 0.1) is 11.3 Å². The third kappa shape index (κ3) is 5.95. The van der Waals surface area contributed by atoms with Crippen molar-refractivity contribution < 1.29 is 9.53 Å². The lowest BCUT2D eigenvalue weighted by molar-refractivity contribution is -0.118. The minimum absolute atomic E-state index is 0.160. The average molecular weight is 442 g/mol. The first-order valence-corrected chi connectivity index (χ1v) is 11.0. The topological polar surface area (TPSA) is 99.1 Å². The van der Waals surface area contributed by atoms with E-state index in [4.69, 9.17) is 10.00 Å². The van der Waals surface area contributed by atoms with Gasteiger partial charge < -0.3 is 20.7 Å². The van der Waals surface area contributed by atoms with Gasteiger partial charge in [0.25, 0.3) is 0 Å². The van der Waals surface area contributed by atoms with Gasteiger partial charge in [-0.1, -0.05) is 49.4 Å². The highest BCUT2D eigenvalue weighted by Crippen LogP contribution is 2.20. The molecule has 2 heterocycles. The Balaban J connectivity index is 1.41. The normalized spacial score (nSPS) is 15.0. The second-order valence-electron chi connectivity index (χ2n) is 8.15. The zero-order valence-electron chi connectivity index (χ0n) is 18.5. The number of nitrogens with one attached hydrogen (secondary N) is 3. The molecule has 0 radical (unpaired) electrons. The SMILES string of the molecule is C[C@H](CN[C@H](C(=O)Nc1ccc(OC2CNC2)cn1)c1ccccc1)c1ccc(C#N)cc1. The summed E-state index contributed by atoms with van der Waals surface area (Å²) in [5.74, 6) is 1.14. The van der Waals surface area contributed by atoms with Crippen LogP contribution < -0.4 is 20.7 Å². The number of ether oxygens (including phenoxy) is 1. The highest BCUT2D eigenvalue weighted by atomic mass is 16.5. The molecule has 0 bridgehead atoms. The van der Waals surface area contributed by atoms with Crippen LogP contribution in [0.25, 0.3) is 0 Å². The Labute approximate surface area is 193 Å². The van der Waals surface area contributed by atoms with Gasteiger partial charge in [-0.25, -0.2) is 4.98 Å². The van der Waals surface area contributed by atoms with Gasteiger partial charge in [-0.15, -0.1) is 0 Å². The number of amides is 1. The number of pyridine rings is 1. The van der Waals surface area contributed by atoms with Crippen LogP contribution in [-0.4, -0.2) is 36.6 Å². The molecular formula is C26H27N5O2. The molecule has 168 valence electrons. The molecule has 7 heteroatoms. The van der Waals surface area contributed by atoms with Gasteiger partial charge in [-0.3, -0.25) is 4.79 Å². The van der Waals surface area contributed by atoms with Crippen molar-refractivity contribution in [1.82, 2.24) is 15.6 Å². The summed E-state index contributed by atoms with van der Waals surface area (Å²) >= 11 is 0. The van der Waals surface area contributed by atoms with Crippen molar-refractivity contribution in [1.29, 1.82) is 5.26 Å². The Kier molecular flexibility index (Phi) is 7.30. The number of rotatable bonds is 9. The minimum atomic E-state index is -0.536. The number of benzene rings is 2. The van der Waals surface area contributed by atoms with Crippen molar-refractivity contribution >= 4 is 11.7 Å². The van der Waals surface area contributed by atoms with Crippen LogP contribution in [0.4, 0.5) is 5.82 Å². The summed E-state index contributed by atoms with van der Waals surface area (Å²) in [5.41, 5.74) is 2.61. The van der Waals surface area contributed by atoms with Gasteiger partial charge in [0.1, 0.15) is 23.7 Å². The predicted octanol–water partition coefficient (Wildman–Crippen LogP) is 3.38. The summed E-state index contributed by atoms with van der Waals surface area (Å²) in [7, 11) is 0. The maximum absolute atomic E-state index is 13.2. The summed E-state index contributed by atoms with van der Waals surface area (Å²) in [5, 5.41) is 18.5. The number of hydrogen-bond acceptors (Lipinski definition) is 6. The predicted molar refractivity (Wildman–Crippen MR) is 127 cm³/mol. The smallest absolute Gasteiger partial charge is 0.247 e. The zero-order valence-corrected chi connectivity index (χ0v) is 18.5. The molecule has 1 aromatic heterocycles. The van der Waals surface area contributed by atoms with Crippen molar-refractivity contribution in [3.8, 4) is 11.8 Å². The van der Waals surface area contributed by atoms with Crippen molar-refractivity contribution in [2.45, 2.75) is 25.0 Å². The number of hydrogen-bond donors (Lipinski definition) is 3. The zero-order chi connectivity index (χ0) is 23.0. The van der Waals surface area contributed by atoms with Gasteiger partial charge in [0, 0.05) is 19.6 Å².